The zero-order valence-corrected chi connectivity index (χ0v) is 18.4. The number of nitriles is 1. The Morgan fingerprint density at radius 3 is 2.50 bits per heavy atom. The summed E-state index contributed by atoms with van der Waals surface area (Å²) in [7, 11) is 0. The Bertz CT molecular complexity index is 1520. The first-order valence-electron chi connectivity index (χ1n) is 10.7. The number of benzene rings is 3. The van der Waals surface area contributed by atoms with Crippen LogP contribution < -0.4 is 5.32 Å². The van der Waals surface area contributed by atoms with Crippen molar-refractivity contribution in [1.29, 1.82) is 5.26 Å². The van der Waals surface area contributed by atoms with E-state index in [-0.39, 0.29) is 5.57 Å². The molecule has 0 bridgehead atoms. The van der Waals surface area contributed by atoms with E-state index in [1.165, 1.54) is 0 Å². The molecule has 6 heteroatoms. The van der Waals surface area contributed by atoms with Gasteiger partial charge in [-0.15, -0.1) is 0 Å². The number of amides is 1. The summed E-state index contributed by atoms with van der Waals surface area (Å²) in [6.45, 7) is 1.97. The van der Waals surface area contributed by atoms with E-state index >= 15 is 0 Å². The maximum absolute atomic E-state index is 12.8. The molecular formula is C28H20N4O2. The number of nitrogens with one attached hydrogen (secondary N) is 1. The topological polar surface area (TPSA) is 83.9 Å². The third-order valence-electron chi connectivity index (χ3n) is 5.40. The van der Waals surface area contributed by atoms with Crippen molar-refractivity contribution in [1.82, 2.24) is 9.78 Å². The summed E-state index contributed by atoms with van der Waals surface area (Å²) in [6.07, 6.45) is 3.33. The fourth-order valence-corrected chi connectivity index (χ4v) is 3.64. The second-order valence-electron chi connectivity index (χ2n) is 7.85. The fraction of sp³-hybridized carbons (Fsp3) is 0.0357. The standard InChI is InChI=1S/C28H20N4O2/c1-19-11-13-23(14-12-19)30-28(33)21(17-29)15-22-18-32(24-8-3-2-4-9-24)31-27(22)26-16-20-7-5-6-10-25(20)34-26/h2-16,18H,1H3,(H,30,33). The smallest absolute Gasteiger partial charge is 0.266 e. The largest absolute Gasteiger partial charge is 0.454 e. The Hall–Kier alpha value is -4.89. The van der Waals surface area contributed by atoms with Gasteiger partial charge in [-0.25, -0.2) is 4.68 Å². The average Bonchev–Trinajstić information content (AvgIpc) is 3.48. The van der Waals surface area contributed by atoms with Crippen molar-refractivity contribution in [2.75, 3.05) is 5.32 Å². The zero-order valence-electron chi connectivity index (χ0n) is 18.4. The van der Waals surface area contributed by atoms with Gasteiger partial charge in [-0.05, 0) is 49.4 Å². The van der Waals surface area contributed by atoms with Crippen molar-refractivity contribution in [3.63, 3.8) is 0 Å². The van der Waals surface area contributed by atoms with Crippen LogP contribution in [0.2, 0.25) is 0 Å². The number of fused-ring (bicyclic) bond motifs is 1. The number of carbonyl (C=O) groups excluding carboxylic acids is 1. The van der Waals surface area contributed by atoms with E-state index in [1.54, 1.807) is 29.1 Å². The summed E-state index contributed by atoms with van der Waals surface area (Å²) in [5, 5.41) is 18.2. The van der Waals surface area contributed by atoms with Gasteiger partial charge in [0, 0.05) is 22.8 Å². The zero-order chi connectivity index (χ0) is 23.5. The molecule has 0 aliphatic rings. The molecule has 5 aromatic rings. The first kappa shape index (κ1) is 21.0. The lowest BCUT2D eigenvalue weighted by atomic mass is 10.1. The molecule has 1 N–H and O–H groups in total. The van der Waals surface area contributed by atoms with E-state index < -0.39 is 5.91 Å². The predicted molar refractivity (Wildman–Crippen MR) is 132 cm³/mol. The maximum atomic E-state index is 12.8. The number of aromatic nitrogens is 2. The Morgan fingerprint density at radius 1 is 1.03 bits per heavy atom. The molecule has 0 aliphatic carbocycles. The number of rotatable bonds is 5. The number of aryl methyl sites for hydroxylation is 1. The van der Waals surface area contributed by atoms with Gasteiger partial charge in [-0.3, -0.25) is 4.79 Å². The molecule has 0 aliphatic heterocycles. The molecule has 0 radical (unpaired) electrons. The lowest BCUT2D eigenvalue weighted by molar-refractivity contribution is -0.112. The molecule has 34 heavy (non-hydrogen) atoms. The van der Waals surface area contributed by atoms with Crippen LogP contribution in [0.3, 0.4) is 0 Å². The number of para-hydroxylation sites is 2. The van der Waals surface area contributed by atoms with Crippen molar-refractivity contribution >= 4 is 28.6 Å². The molecule has 6 nitrogen and oxygen atoms in total. The first-order chi connectivity index (χ1) is 16.6. The summed E-state index contributed by atoms with van der Waals surface area (Å²) < 4.78 is 7.75. The van der Waals surface area contributed by atoms with Crippen molar-refractivity contribution in [3.05, 3.63) is 108 Å². The van der Waals surface area contributed by atoms with Crippen molar-refractivity contribution in [3.8, 4) is 23.2 Å². The third kappa shape index (κ3) is 4.23. The molecule has 0 unspecified atom stereocenters. The highest BCUT2D eigenvalue weighted by atomic mass is 16.3. The van der Waals surface area contributed by atoms with Gasteiger partial charge in [0.1, 0.15) is 22.9 Å². The lowest BCUT2D eigenvalue weighted by Gasteiger charge is -2.04. The summed E-state index contributed by atoms with van der Waals surface area (Å²) >= 11 is 0. The molecular weight excluding hydrogens is 424 g/mol. The summed E-state index contributed by atoms with van der Waals surface area (Å²) in [4.78, 5) is 12.8. The van der Waals surface area contributed by atoms with Gasteiger partial charge in [0.25, 0.3) is 5.91 Å². The Kier molecular flexibility index (Phi) is 5.51. The quantitative estimate of drug-likeness (QED) is 0.261. The lowest BCUT2D eigenvalue weighted by Crippen LogP contribution is -2.13. The van der Waals surface area contributed by atoms with Crippen LogP contribution in [-0.2, 0) is 4.79 Å². The highest BCUT2D eigenvalue weighted by Gasteiger charge is 2.18. The maximum Gasteiger partial charge on any atom is 0.266 e. The van der Waals surface area contributed by atoms with Crippen LogP contribution in [0.5, 0.6) is 0 Å². The van der Waals surface area contributed by atoms with Gasteiger partial charge in [-0.1, -0.05) is 54.1 Å². The van der Waals surface area contributed by atoms with Crippen LogP contribution in [0.15, 0.2) is 101 Å². The highest BCUT2D eigenvalue weighted by molar-refractivity contribution is 6.10. The minimum absolute atomic E-state index is 0.0365. The fourth-order valence-electron chi connectivity index (χ4n) is 3.64. The number of carbonyl (C=O) groups is 1. The van der Waals surface area contributed by atoms with Gasteiger partial charge in [0.2, 0.25) is 0 Å². The number of hydrogen-bond acceptors (Lipinski definition) is 4. The second-order valence-corrected chi connectivity index (χ2v) is 7.85. The van der Waals surface area contributed by atoms with E-state index in [4.69, 9.17) is 9.52 Å². The Morgan fingerprint density at radius 2 is 1.76 bits per heavy atom. The molecule has 0 atom stereocenters. The molecule has 0 saturated carbocycles. The van der Waals surface area contributed by atoms with Crippen LogP contribution in [0.25, 0.3) is 34.2 Å². The molecule has 164 valence electrons. The van der Waals surface area contributed by atoms with Crippen molar-refractivity contribution in [2.24, 2.45) is 0 Å². The number of furan rings is 1. The summed E-state index contributed by atoms with van der Waals surface area (Å²) in [5.41, 5.74) is 4.38. The van der Waals surface area contributed by atoms with Gasteiger partial charge >= 0.3 is 0 Å². The SMILES string of the molecule is Cc1ccc(NC(=O)C(C#N)=Cc2cn(-c3ccccc3)nc2-c2cc3ccccc3o2)cc1. The minimum Gasteiger partial charge on any atom is -0.454 e. The molecule has 2 heterocycles. The van der Waals surface area contributed by atoms with Gasteiger partial charge < -0.3 is 9.73 Å². The van der Waals surface area contributed by atoms with Crippen LogP contribution in [0.1, 0.15) is 11.1 Å². The van der Waals surface area contributed by atoms with Crippen LogP contribution in [0, 0.1) is 18.3 Å². The monoisotopic (exact) mass is 444 g/mol. The van der Waals surface area contributed by atoms with Crippen LogP contribution >= 0.6 is 0 Å². The van der Waals surface area contributed by atoms with Crippen molar-refractivity contribution in [2.45, 2.75) is 6.92 Å². The Balaban J connectivity index is 1.57. The van der Waals surface area contributed by atoms with Gasteiger partial charge in [0.05, 0.1) is 5.69 Å². The molecule has 1 amide bonds. The normalized spacial score (nSPS) is 11.4. The van der Waals surface area contributed by atoms with Crippen LogP contribution in [-0.4, -0.2) is 15.7 Å². The average molecular weight is 444 g/mol. The van der Waals surface area contributed by atoms with E-state index in [9.17, 15) is 10.1 Å². The molecule has 5 rings (SSSR count). The number of anilines is 1. The molecule has 2 aromatic heterocycles. The van der Waals surface area contributed by atoms with Gasteiger partial charge in [-0.2, -0.15) is 10.4 Å². The predicted octanol–water partition coefficient (Wildman–Crippen LogP) is 6.14. The van der Waals surface area contributed by atoms with Gasteiger partial charge in [0.15, 0.2) is 5.76 Å². The Labute approximate surface area is 196 Å². The molecule has 0 fully saturated rings. The van der Waals surface area contributed by atoms with E-state index in [1.807, 2.05) is 85.8 Å². The van der Waals surface area contributed by atoms with E-state index in [2.05, 4.69) is 5.32 Å². The van der Waals surface area contributed by atoms with Crippen LogP contribution in [0.4, 0.5) is 5.69 Å². The summed E-state index contributed by atoms with van der Waals surface area (Å²) in [6, 6.07) is 28.6. The molecule has 0 spiro atoms. The second kappa shape index (κ2) is 8.93. The minimum atomic E-state index is -0.491. The number of hydrogen-bond donors (Lipinski definition) is 1. The highest BCUT2D eigenvalue weighted by Crippen LogP contribution is 2.31. The molecule has 3 aromatic carbocycles. The third-order valence-corrected chi connectivity index (χ3v) is 5.40. The number of nitrogens with zero attached hydrogens (tertiary/aromatic N) is 3. The molecule has 0 saturated heterocycles. The van der Waals surface area contributed by atoms with E-state index in [0.29, 0.717) is 22.7 Å². The summed E-state index contributed by atoms with van der Waals surface area (Å²) in [5.74, 6) is 0.0627. The first-order valence-corrected chi connectivity index (χ1v) is 10.7. The van der Waals surface area contributed by atoms with E-state index in [0.717, 1.165) is 22.2 Å². The van der Waals surface area contributed by atoms with Crippen molar-refractivity contribution < 1.29 is 9.21 Å².